The Kier molecular flexibility index (Phi) is 13.5. The van der Waals surface area contributed by atoms with E-state index in [4.69, 9.17) is 14.6 Å². The molecule has 1 heterocycles. The molecule has 0 saturated carbocycles. The van der Waals surface area contributed by atoms with Crippen LogP contribution in [0.4, 0.5) is 0 Å². The van der Waals surface area contributed by atoms with E-state index in [1.54, 1.807) is 24.3 Å². The summed E-state index contributed by atoms with van der Waals surface area (Å²) < 4.78 is 10.2. The van der Waals surface area contributed by atoms with Gasteiger partial charge in [-0.2, -0.15) is 0 Å². The highest BCUT2D eigenvalue weighted by atomic mass is 16.5. The van der Waals surface area contributed by atoms with E-state index >= 15 is 0 Å². The van der Waals surface area contributed by atoms with Gasteiger partial charge in [0.15, 0.2) is 5.90 Å². The molecule has 3 rings (SSSR count). The predicted octanol–water partition coefficient (Wildman–Crippen LogP) is 3.66. The van der Waals surface area contributed by atoms with E-state index < -0.39 is 0 Å². The maximum Gasteiger partial charge on any atom is 0.216 e. The molecule has 0 atom stereocenters. The lowest BCUT2D eigenvalue weighted by Crippen LogP contribution is -2.25. The molecule has 2 N–H and O–H groups in total. The van der Waals surface area contributed by atoms with Crippen LogP contribution in [0.1, 0.15) is 21.3 Å². The molecule has 2 aromatic carbocycles. The number of benzene rings is 2. The minimum absolute atomic E-state index is 0. The first-order chi connectivity index (χ1) is 12.6. The Morgan fingerprint density at radius 3 is 2.11 bits per heavy atom. The average molecular weight is 374 g/mol. The molecule has 0 fully saturated rings. The minimum atomic E-state index is -0.0309. The standard InChI is InChI=1S/C10H13NO2.C6H6O.C4H7NO.CH4/c1-9(12)11-7-8-13-10-5-3-2-4-6-10;7-6-4-2-1-3-5-6;1-4-5-2-3-6-4;/h2-6H,7-8H2,1H3,(H,11,12);1-5,7H;2-3H2,1H3;1H4. The molecule has 27 heavy (non-hydrogen) atoms. The van der Waals surface area contributed by atoms with Crippen molar-refractivity contribution in [3.63, 3.8) is 0 Å². The van der Waals surface area contributed by atoms with Gasteiger partial charge in [-0.25, -0.2) is 0 Å². The van der Waals surface area contributed by atoms with Crippen molar-refractivity contribution < 1.29 is 19.4 Å². The molecule has 0 saturated heterocycles. The number of ether oxygens (including phenoxy) is 2. The van der Waals surface area contributed by atoms with E-state index in [-0.39, 0.29) is 13.3 Å². The molecule has 0 aromatic heterocycles. The SMILES string of the molecule is C.CC(=O)NCCOc1ccccc1.CC1=NCCO1.Oc1ccccc1. The summed E-state index contributed by atoms with van der Waals surface area (Å²) >= 11 is 0. The van der Waals surface area contributed by atoms with E-state index in [9.17, 15) is 4.79 Å². The van der Waals surface area contributed by atoms with Crippen LogP contribution in [0.5, 0.6) is 11.5 Å². The lowest BCUT2D eigenvalue weighted by atomic mass is 10.3. The second-order valence-electron chi connectivity index (χ2n) is 5.23. The van der Waals surface area contributed by atoms with Crippen molar-refractivity contribution in [1.82, 2.24) is 5.32 Å². The van der Waals surface area contributed by atoms with Crippen molar-refractivity contribution in [3.8, 4) is 11.5 Å². The summed E-state index contributed by atoms with van der Waals surface area (Å²) in [6.45, 7) is 6.04. The summed E-state index contributed by atoms with van der Waals surface area (Å²) in [5.41, 5.74) is 0. The summed E-state index contributed by atoms with van der Waals surface area (Å²) in [6, 6.07) is 18.2. The summed E-state index contributed by atoms with van der Waals surface area (Å²) in [6.07, 6.45) is 0. The lowest BCUT2D eigenvalue weighted by Gasteiger charge is -2.05. The monoisotopic (exact) mass is 374 g/mol. The first-order valence-corrected chi connectivity index (χ1v) is 8.38. The molecule has 148 valence electrons. The molecule has 0 bridgehead atoms. The van der Waals surface area contributed by atoms with Gasteiger partial charge in [0.25, 0.3) is 0 Å². The molecule has 1 aliphatic rings. The highest BCUT2D eigenvalue weighted by Crippen LogP contribution is 2.07. The van der Waals surface area contributed by atoms with Gasteiger partial charge in [-0.05, 0) is 24.3 Å². The van der Waals surface area contributed by atoms with E-state index in [1.807, 2.05) is 43.3 Å². The fourth-order valence-corrected chi connectivity index (χ4v) is 1.78. The molecule has 1 aliphatic heterocycles. The van der Waals surface area contributed by atoms with Crippen LogP contribution in [-0.2, 0) is 9.53 Å². The number of aliphatic imine (C=N–C) groups is 1. The normalized spacial score (nSPS) is 11.1. The number of nitrogens with zero attached hydrogens (tertiary/aromatic N) is 1. The number of phenolic OH excluding ortho intramolecular Hbond substituents is 1. The Balaban J connectivity index is 0.000000407. The topological polar surface area (TPSA) is 80.2 Å². The number of carbonyl (C=O) groups excluding carboxylic acids is 1. The van der Waals surface area contributed by atoms with Gasteiger partial charge in [0.05, 0.1) is 13.1 Å². The van der Waals surface area contributed by atoms with Gasteiger partial charge in [-0.15, -0.1) is 0 Å². The van der Waals surface area contributed by atoms with Crippen LogP contribution in [0, 0.1) is 0 Å². The first kappa shape index (κ1) is 24.0. The number of amides is 1. The summed E-state index contributed by atoms with van der Waals surface area (Å²) in [5, 5.41) is 11.3. The zero-order valence-electron chi connectivity index (χ0n) is 15.2. The van der Waals surface area contributed by atoms with E-state index in [2.05, 4.69) is 10.3 Å². The Morgan fingerprint density at radius 1 is 1.15 bits per heavy atom. The third-order valence-electron chi connectivity index (χ3n) is 2.98. The molecule has 0 radical (unpaired) electrons. The number of hydrogen-bond donors (Lipinski definition) is 2. The highest BCUT2D eigenvalue weighted by molar-refractivity contribution is 5.74. The Labute approximate surface area is 161 Å². The molecule has 1 amide bonds. The van der Waals surface area contributed by atoms with Crippen molar-refractivity contribution in [3.05, 3.63) is 60.7 Å². The molecule has 6 nitrogen and oxygen atoms in total. The van der Waals surface area contributed by atoms with E-state index in [0.29, 0.717) is 18.9 Å². The Hall–Kier alpha value is -3.02. The average Bonchev–Trinajstić information content (AvgIpc) is 3.12. The number of rotatable bonds is 4. The molecule has 0 unspecified atom stereocenters. The van der Waals surface area contributed by atoms with Crippen LogP contribution in [0.2, 0.25) is 0 Å². The van der Waals surface area contributed by atoms with Gasteiger partial charge in [0, 0.05) is 13.8 Å². The quantitative estimate of drug-likeness (QED) is 0.800. The van der Waals surface area contributed by atoms with Crippen molar-refractivity contribution in [2.75, 3.05) is 26.3 Å². The summed E-state index contributed by atoms with van der Waals surface area (Å²) in [7, 11) is 0. The number of hydrogen-bond acceptors (Lipinski definition) is 5. The van der Waals surface area contributed by atoms with Crippen LogP contribution in [0.25, 0.3) is 0 Å². The van der Waals surface area contributed by atoms with Crippen molar-refractivity contribution in [2.45, 2.75) is 21.3 Å². The molecular weight excluding hydrogens is 344 g/mol. The van der Waals surface area contributed by atoms with Gasteiger partial charge in [0.2, 0.25) is 5.91 Å². The fourth-order valence-electron chi connectivity index (χ4n) is 1.78. The molecule has 2 aromatic rings. The van der Waals surface area contributed by atoms with Gasteiger partial charge in [-0.3, -0.25) is 9.79 Å². The molecule has 0 aliphatic carbocycles. The van der Waals surface area contributed by atoms with E-state index in [1.165, 1.54) is 6.92 Å². The first-order valence-electron chi connectivity index (χ1n) is 8.38. The molecular formula is C21H30N2O4. The van der Waals surface area contributed by atoms with Crippen molar-refractivity contribution >= 4 is 11.8 Å². The third kappa shape index (κ3) is 13.9. The number of phenols is 1. The second kappa shape index (κ2) is 15.3. The van der Waals surface area contributed by atoms with Crippen LogP contribution in [0.15, 0.2) is 65.7 Å². The van der Waals surface area contributed by atoms with Crippen LogP contribution >= 0.6 is 0 Å². The summed E-state index contributed by atoms with van der Waals surface area (Å²) in [4.78, 5) is 14.4. The van der Waals surface area contributed by atoms with Gasteiger partial charge < -0.3 is 19.9 Å². The van der Waals surface area contributed by atoms with Gasteiger partial charge >= 0.3 is 0 Å². The second-order valence-corrected chi connectivity index (χ2v) is 5.23. The summed E-state index contributed by atoms with van der Waals surface area (Å²) in [5.74, 6) is 1.95. The van der Waals surface area contributed by atoms with E-state index in [0.717, 1.165) is 24.8 Å². The number of nitrogens with one attached hydrogen (secondary N) is 1. The molecule has 6 heteroatoms. The zero-order valence-corrected chi connectivity index (χ0v) is 15.2. The number of aromatic hydroxyl groups is 1. The largest absolute Gasteiger partial charge is 0.508 e. The maximum absolute atomic E-state index is 10.5. The minimum Gasteiger partial charge on any atom is -0.508 e. The third-order valence-corrected chi connectivity index (χ3v) is 2.98. The number of carbonyl (C=O) groups is 1. The number of para-hydroxylation sites is 2. The molecule has 0 spiro atoms. The van der Waals surface area contributed by atoms with Gasteiger partial charge in [0.1, 0.15) is 24.7 Å². The Morgan fingerprint density at radius 2 is 1.74 bits per heavy atom. The van der Waals surface area contributed by atoms with Crippen molar-refractivity contribution in [1.29, 1.82) is 0 Å². The van der Waals surface area contributed by atoms with Gasteiger partial charge in [-0.1, -0.05) is 43.8 Å². The predicted molar refractivity (Wildman–Crippen MR) is 109 cm³/mol. The van der Waals surface area contributed by atoms with Crippen molar-refractivity contribution in [2.24, 2.45) is 4.99 Å². The Bertz CT molecular complexity index is 646. The fraction of sp³-hybridized carbons (Fsp3) is 0.333. The maximum atomic E-state index is 10.5. The van der Waals surface area contributed by atoms with Crippen LogP contribution < -0.4 is 10.1 Å². The smallest absolute Gasteiger partial charge is 0.216 e. The zero-order chi connectivity index (χ0) is 19.0. The van der Waals surface area contributed by atoms with Crippen LogP contribution in [0.3, 0.4) is 0 Å². The van der Waals surface area contributed by atoms with Crippen LogP contribution in [-0.4, -0.2) is 43.2 Å². The lowest BCUT2D eigenvalue weighted by molar-refractivity contribution is -0.119. The highest BCUT2D eigenvalue weighted by Gasteiger charge is 1.96.